The van der Waals surface area contributed by atoms with Gasteiger partial charge in [-0.25, -0.2) is 10.2 Å². The second-order valence-corrected chi connectivity index (χ2v) is 10.8. The first-order chi connectivity index (χ1) is 20.3. The van der Waals surface area contributed by atoms with E-state index in [-0.39, 0.29) is 21.4 Å². The molecular formula is C30H22Cl4N6O2. The highest BCUT2D eigenvalue weighted by molar-refractivity contribution is 6.34. The van der Waals surface area contributed by atoms with Crippen molar-refractivity contribution in [3.05, 3.63) is 137 Å². The van der Waals surface area contributed by atoms with Crippen molar-refractivity contribution in [2.75, 3.05) is 10.6 Å². The van der Waals surface area contributed by atoms with Crippen LogP contribution >= 0.6 is 46.4 Å². The van der Waals surface area contributed by atoms with Crippen LogP contribution in [-0.2, 0) is 13.1 Å². The molecule has 4 N–H and O–H groups in total. The van der Waals surface area contributed by atoms with E-state index >= 15 is 0 Å². The number of rotatable bonds is 6. The molecular weight excluding hydrogens is 618 g/mol. The van der Waals surface area contributed by atoms with Gasteiger partial charge in [0.25, 0.3) is 11.1 Å². The zero-order chi connectivity index (χ0) is 29.6. The Bertz CT molecular complexity index is 1980. The maximum absolute atomic E-state index is 11.8. The van der Waals surface area contributed by atoms with E-state index in [2.05, 4.69) is 31.0 Å². The van der Waals surface area contributed by atoms with Crippen LogP contribution in [0.25, 0.3) is 21.5 Å². The zero-order valence-electron chi connectivity index (χ0n) is 21.7. The van der Waals surface area contributed by atoms with E-state index in [1.807, 2.05) is 66.7 Å². The first-order valence-corrected chi connectivity index (χ1v) is 14.1. The summed E-state index contributed by atoms with van der Waals surface area (Å²) in [6.45, 7) is 1.29. The summed E-state index contributed by atoms with van der Waals surface area (Å²) in [5.74, 6) is 0. The highest BCUT2D eigenvalue weighted by atomic mass is 35.5. The van der Waals surface area contributed by atoms with Gasteiger partial charge in [-0.15, -0.1) is 0 Å². The SMILES string of the molecule is O=c1[nH]nc(Cl)c2cc(NCc3ccc(Cl)cc3)ccc12.O=c1[nH]nc(Cl)c2ccc(NCc3ccc(Cl)cc3)cc12. The predicted molar refractivity (Wildman–Crippen MR) is 172 cm³/mol. The van der Waals surface area contributed by atoms with Gasteiger partial charge in [0, 0.05) is 45.3 Å². The van der Waals surface area contributed by atoms with Crippen molar-refractivity contribution >= 4 is 79.3 Å². The van der Waals surface area contributed by atoms with Crippen LogP contribution in [0.5, 0.6) is 0 Å². The molecule has 8 nitrogen and oxygen atoms in total. The fourth-order valence-electron chi connectivity index (χ4n) is 4.10. The normalized spacial score (nSPS) is 10.8. The first-order valence-electron chi connectivity index (χ1n) is 12.6. The van der Waals surface area contributed by atoms with Crippen molar-refractivity contribution in [2.24, 2.45) is 0 Å². The fourth-order valence-corrected chi connectivity index (χ4v) is 4.76. The summed E-state index contributed by atoms with van der Waals surface area (Å²) in [6.07, 6.45) is 0. The second-order valence-electron chi connectivity index (χ2n) is 9.17. The topological polar surface area (TPSA) is 116 Å². The van der Waals surface area contributed by atoms with Crippen molar-refractivity contribution in [1.29, 1.82) is 0 Å². The quantitative estimate of drug-likeness (QED) is 0.149. The van der Waals surface area contributed by atoms with Gasteiger partial charge in [-0.3, -0.25) is 9.59 Å². The number of nitrogens with zero attached hydrogens (tertiary/aromatic N) is 2. The Balaban J connectivity index is 0.000000168. The van der Waals surface area contributed by atoms with E-state index in [1.54, 1.807) is 18.2 Å². The molecule has 0 fully saturated rings. The van der Waals surface area contributed by atoms with Gasteiger partial charge in [0.05, 0.1) is 10.8 Å². The maximum Gasteiger partial charge on any atom is 0.272 e. The Morgan fingerprint density at radius 2 is 0.952 bits per heavy atom. The lowest BCUT2D eigenvalue weighted by molar-refractivity contribution is 1.01. The number of aromatic amines is 2. The molecule has 4 aromatic carbocycles. The number of benzene rings is 4. The van der Waals surface area contributed by atoms with Gasteiger partial charge in [0.2, 0.25) is 0 Å². The van der Waals surface area contributed by atoms with Crippen LogP contribution in [0, 0.1) is 0 Å². The van der Waals surface area contributed by atoms with E-state index in [9.17, 15) is 9.59 Å². The Morgan fingerprint density at radius 3 is 1.48 bits per heavy atom. The zero-order valence-corrected chi connectivity index (χ0v) is 24.7. The summed E-state index contributed by atoms with van der Waals surface area (Å²) in [7, 11) is 0. The Labute approximate surface area is 259 Å². The average Bonchev–Trinajstić information content (AvgIpc) is 3.01. The molecule has 0 saturated carbocycles. The molecule has 0 bridgehead atoms. The van der Waals surface area contributed by atoms with Crippen LogP contribution in [0.2, 0.25) is 20.4 Å². The lowest BCUT2D eigenvalue weighted by Crippen LogP contribution is -2.09. The van der Waals surface area contributed by atoms with Crippen molar-refractivity contribution in [2.45, 2.75) is 13.1 Å². The van der Waals surface area contributed by atoms with Crippen molar-refractivity contribution in [1.82, 2.24) is 20.4 Å². The van der Waals surface area contributed by atoms with Gasteiger partial charge < -0.3 is 10.6 Å². The standard InChI is InChI=1S/2C15H11Cl2N3O/c16-10-3-1-9(2-4-10)8-18-11-5-6-12-13(7-11)14(17)19-20-15(12)21;16-10-3-1-9(2-4-10)8-18-11-5-6-12-13(7-11)15(21)20-19-14(12)17/h2*1-7,18H,8H2,(H,20,21). The molecule has 0 aliphatic heterocycles. The number of H-pyrrole nitrogens is 2. The molecule has 2 heterocycles. The van der Waals surface area contributed by atoms with Crippen LogP contribution in [0.15, 0.2) is 94.5 Å². The van der Waals surface area contributed by atoms with Crippen molar-refractivity contribution in [3.8, 4) is 0 Å². The van der Waals surface area contributed by atoms with Crippen LogP contribution in [0.4, 0.5) is 11.4 Å². The van der Waals surface area contributed by atoms with Crippen LogP contribution in [0.3, 0.4) is 0 Å². The van der Waals surface area contributed by atoms with E-state index in [0.717, 1.165) is 22.5 Å². The molecule has 0 atom stereocenters. The van der Waals surface area contributed by atoms with Gasteiger partial charge >= 0.3 is 0 Å². The number of hydrogen-bond acceptors (Lipinski definition) is 6. The van der Waals surface area contributed by atoms with Crippen LogP contribution < -0.4 is 21.8 Å². The number of hydrogen-bond donors (Lipinski definition) is 4. The molecule has 12 heteroatoms. The smallest absolute Gasteiger partial charge is 0.272 e. The number of halogens is 4. The minimum Gasteiger partial charge on any atom is -0.381 e. The van der Waals surface area contributed by atoms with Crippen molar-refractivity contribution in [3.63, 3.8) is 0 Å². The van der Waals surface area contributed by atoms with E-state index in [1.165, 1.54) is 0 Å². The van der Waals surface area contributed by atoms with Gasteiger partial charge in [-0.05, 0) is 71.8 Å². The van der Waals surface area contributed by atoms with E-state index in [0.29, 0.717) is 44.7 Å². The second kappa shape index (κ2) is 13.3. The Morgan fingerprint density at radius 1 is 0.524 bits per heavy atom. The molecule has 42 heavy (non-hydrogen) atoms. The molecule has 6 aromatic rings. The molecule has 0 amide bonds. The molecule has 0 radical (unpaired) electrons. The molecule has 212 valence electrons. The number of fused-ring (bicyclic) bond motifs is 2. The Kier molecular flexibility index (Phi) is 9.29. The van der Waals surface area contributed by atoms with Gasteiger partial charge in [0.15, 0.2) is 10.3 Å². The minimum absolute atomic E-state index is 0.251. The summed E-state index contributed by atoms with van der Waals surface area (Å²) in [4.78, 5) is 23.4. The largest absolute Gasteiger partial charge is 0.381 e. The predicted octanol–water partition coefficient (Wildman–Crippen LogP) is 7.68. The van der Waals surface area contributed by atoms with Crippen LogP contribution in [0.1, 0.15) is 11.1 Å². The van der Waals surface area contributed by atoms with Crippen LogP contribution in [-0.4, -0.2) is 20.4 Å². The maximum atomic E-state index is 11.8. The fraction of sp³-hybridized carbons (Fsp3) is 0.0667. The van der Waals surface area contributed by atoms with Crippen molar-refractivity contribution < 1.29 is 0 Å². The number of aromatic nitrogens is 4. The van der Waals surface area contributed by atoms with E-state index in [4.69, 9.17) is 46.4 Å². The van der Waals surface area contributed by atoms with Gasteiger partial charge in [-0.1, -0.05) is 70.7 Å². The molecule has 0 aliphatic rings. The lowest BCUT2D eigenvalue weighted by Gasteiger charge is -2.08. The lowest BCUT2D eigenvalue weighted by atomic mass is 10.1. The third-order valence-corrected chi connectivity index (χ3v) is 7.38. The third-order valence-electron chi connectivity index (χ3n) is 6.30. The summed E-state index contributed by atoms with van der Waals surface area (Å²) in [5, 5.41) is 23.0. The highest BCUT2D eigenvalue weighted by Gasteiger charge is 2.07. The highest BCUT2D eigenvalue weighted by Crippen LogP contribution is 2.23. The molecule has 2 aromatic heterocycles. The third kappa shape index (κ3) is 7.21. The average molecular weight is 640 g/mol. The molecule has 0 saturated heterocycles. The number of nitrogens with one attached hydrogen (secondary N) is 4. The van der Waals surface area contributed by atoms with Gasteiger partial charge in [0.1, 0.15) is 0 Å². The summed E-state index contributed by atoms with van der Waals surface area (Å²) in [5.41, 5.74) is 3.40. The minimum atomic E-state index is -0.260. The Hall–Kier alpha value is -4.08. The first kappa shape index (κ1) is 29.4. The molecule has 0 spiro atoms. The summed E-state index contributed by atoms with van der Waals surface area (Å²) in [6, 6.07) is 26.0. The molecule has 0 aliphatic carbocycles. The molecule has 0 unspecified atom stereocenters. The monoisotopic (exact) mass is 638 g/mol. The summed E-state index contributed by atoms with van der Waals surface area (Å²) >= 11 is 23.7. The molecule has 6 rings (SSSR count). The number of anilines is 2. The van der Waals surface area contributed by atoms with Gasteiger partial charge in [-0.2, -0.15) is 10.2 Å². The van der Waals surface area contributed by atoms with E-state index < -0.39 is 0 Å². The summed E-state index contributed by atoms with van der Waals surface area (Å²) < 4.78 is 0.